The SMILES string of the molecule is CCCC(C)N1CC2(CCN(C(=O)c3c(Cl)cnn3C)CC2)OC1=O. The molecule has 0 N–H and O–H groups in total. The number of halogens is 1. The van der Waals surface area contributed by atoms with E-state index >= 15 is 0 Å². The number of ether oxygens (including phenoxy) is 1. The van der Waals surface area contributed by atoms with Crippen molar-refractivity contribution in [1.82, 2.24) is 19.6 Å². The lowest BCUT2D eigenvalue weighted by Crippen LogP contribution is -2.49. The number of amides is 2. The standard InChI is InChI=1S/C17H25ClN4O3/c1-4-5-12(2)22-11-17(25-16(22)24)6-8-21(9-7-17)15(23)14-13(18)10-19-20(14)3/h10,12H,4-9,11H2,1-3H3. The summed E-state index contributed by atoms with van der Waals surface area (Å²) < 4.78 is 7.24. The second-order valence-corrected chi connectivity index (χ2v) is 7.48. The molecule has 7 nitrogen and oxygen atoms in total. The molecule has 2 aliphatic heterocycles. The number of hydrogen-bond donors (Lipinski definition) is 0. The highest BCUT2D eigenvalue weighted by atomic mass is 35.5. The minimum atomic E-state index is -0.466. The average Bonchev–Trinajstić information content (AvgIpc) is 3.07. The fourth-order valence-corrected chi connectivity index (χ4v) is 3.99. The lowest BCUT2D eigenvalue weighted by molar-refractivity contribution is 0.00278. The Morgan fingerprint density at radius 3 is 2.68 bits per heavy atom. The van der Waals surface area contributed by atoms with Crippen LogP contribution in [0.15, 0.2) is 6.20 Å². The summed E-state index contributed by atoms with van der Waals surface area (Å²) in [5.41, 5.74) is -0.0641. The molecule has 0 aliphatic carbocycles. The summed E-state index contributed by atoms with van der Waals surface area (Å²) in [7, 11) is 1.70. The molecule has 0 bridgehead atoms. The van der Waals surface area contributed by atoms with Gasteiger partial charge in [-0.3, -0.25) is 9.48 Å². The van der Waals surface area contributed by atoms with E-state index in [2.05, 4.69) is 18.9 Å². The van der Waals surface area contributed by atoms with E-state index in [1.54, 1.807) is 11.9 Å². The third-order valence-electron chi connectivity index (χ3n) is 5.29. The van der Waals surface area contributed by atoms with Crippen LogP contribution in [0.2, 0.25) is 5.02 Å². The zero-order valence-corrected chi connectivity index (χ0v) is 15.8. The van der Waals surface area contributed by atoms with Crippen LogP contribution in [0.3, 0.4) is 0 Å². The quantitative estimate of drug-likeness (QED) is 0.819. The van der Waals surface area contributed by atoms with E-state index in [9.17, 15) is 9.59 Å². The molecule has 2 aliphatic rings. The first-order valence-corrected chi connectivity index (χ1v) is 9.21. The molecule has 8 heteroatoms. The van der Waals surface area contributed by atoms with Gasteiger partial charge in [-0.1, -0.05) is 24.9 Å². The van der Waals surface area contributed by atoms with Crippen LogP contribution in [0.5, 0.6) is 0 Å². The van der Waals surface area contributed by atoms with Gasteiger partial charge in [0.25, 0.3) is 5.91 Å². The first-order chi connectivity index (χ1) is 11.9. The number of aromatic nitrogens is 2. The molecule has 3 rings (SSSR count). The van der Waals surface area contributed by atoms with Crippen molar-refractivity contribution in [1.29, 1.82) is 0 Å². The number of likely N-dealkylation sites (tertiary alicyclic amines) is 1. The Morgan fingerprint density at radius 1 is 1.44 bits per heavy atom. The van der Waals surface area contributed by atoms with Crippen molar-refractivity contribution < 1.29 is 14.3 Å². The van der Waals surface area contributed by atoms with Crippen LogP contribution in [0.1, 0.15) is 50.0 Å². The van der Waals surface area contributed by atoms with E-state index in [0.717, 1.165) is 12.8 Å². The van der Waals surface area contributed by atoms with Crippen molar-refractivity contribution in [2.45, 2.75) is 51.2 Å². The Labute approximate surface area is 152 Å². The summed E-state index contributed by atoms with van der Waals surface area (Å²) in [4.78, 5) is 28.5. The topological polar surface area (TPSA) is 67.7 Å². The largest absolute Gasteiger partial charge is 0.441 e. The summed E-state index contributed by atoms with van der Waals surface area (Å²) >= 11 is 6.08. The lowest BCUT2D eigenvalue weighted by Gasteiger charge is -2.37. The van der Waals surface area contributed by atoms with Gasteiger partial charge < -0.3 is 14.5 Å². The molecular formula is C17H25ClN4O3. The molecule has 2 amide bonds. The molecule has 1 spiro atoms. The second kappa shape index (κ2) is 6.86. The van der Waals surface area contributed by atoms with Crippen molar-refractivity contribution >= 4 is 23.6 Å². The molecular weight excluding hydrogens is 344 g/mol. The molecule has 1 atom stereocenters. The number of carbonyl (C=O) groups is 2. The van der Waals surface area contributed by atoms with Crippen LogP contribution in [-0.2, 0) is 11.8 Å². The smallest absolute Gasteiger partial charge is 0.410 e. The monoisotopic (exact) mass is 368 g/mol. The van der Waals surface area contributed by atoms with Gasteiger partial charge in [-0.2, -0.15) is 5.10 Å². The van der Waals surface area contributed by atoms with Crippen molar-refractivity contribution in [2.75, 3.05) is 19.6 Å². The predicted molar refractivity (Wildman–Crippen MR) is 93.6 cm³/mol. The summed E-state index contributed by atoms with van der Waals surface area (Å²) in [6.45, 7) is 5.88. The van der Waals surface area contributed by atoms with Gasteiger partial charge in [-0.05, 0) is 13.3 Å². The highest BCUT2D eigenvalue weighted by Crippen LogP contribution is 2.35. The van der Waals surface area contributed by atoms with E-state index in [0.29, 0.717) is 43.2 Å². The van der Waals surface area contributed by atoms with E-state index < -0.39 is 5.60 Å². The van der Waals surface area contributed by atoms with E-state index in [1.165, 1.54) is 10.9 Å². The number of carbonyl (C=O) groups excluding carboxylic acids is 2. The molecule has 2 fully saturated rings. The first-order valence-electron chi connectivity index (χ1n) is 8.83. The third kappa shape index (κ3) is 3.34. The van der Waals surface area contributed by atoms with Gasteiger partial charge in [-0.15, -0.1) is 0 Å². The van der Waals surface area contributed by atoms with Gasteiger partial charge in [0.05, 0.1) is 17.8 Å². The average molecular weight is 369 g/mol. The molecule has 1 aromatic rings. The van der Waals surface area contributed by atoms with Gasteiger partial charge in [0.1, 0.15) is 11.3 Å². The van der Waals surface area contributed by atoms with Gasteiger partial charge in [0, 0.05) is 39.0 Å². The fourth-order valence-electron chi connectivity index (χ4n) is 3.74. The predicted octanol–water partition coefficient (Wildman–Crippen LogP) is 2.69. The van der Waals surface area contributed by atoms with Crippen LogP contribution in [0.25, 0.3) is 0 Å². The maximum absolute atomic E-state index is 12.7. The number of piperidine rings is 1. The number of aryl methyl sites for hydroxylation is 1. The van der Waals surface area contributed by atoms with Gasteiger partial charge in [0.2, 0.25) is 0 Å². The Balaban J connectivity index is 1.64. The van der Waals surface area contributed by atoms with Crippen LogP contribution >= 0.6 is 11.6 Å². The van der Waals surface area contributed by atoms with Crippen LogP contribution < -0.4 is 0 Å². The minimum absolute atomic E-state index is 0.125. The normalized spacial score (nSPS) is 20.9. The zero-order valence-electron chi connectivity index (χ0n) is 15.0. The number of hydrogen-bond acceptors (Lipinski definition) is 4. The van der Waals surface area contributed by atoms with Crippen molar-refractivity contribution in [3.05, 3.63) is 16.9 Å². The number of nitrogens with zero attached hydrogens (tertiary/aromatic N) is 4. The maximum Gasteiger partial charge on any atom is 0.410 e. The summed E-state index contributed by atoms with van der Waals surface area (Å²) in [6.07, 6.45) is 4.55. The lowest BCUT2D eigenvalue weighted by atomic mass is 9.90. The van der Waals surface area contributed by atoms with E-state index in [-0.39, 0.29) is 18.0 Å². The Kier molecular flexibility index (Phi) is 4.95. The molecule has 0 radical (unpaired) electrons. The molecule has 1 aromatic heterocycles. The molecule has 0 aromatic carbocycles. The third-order valence-corrected chi connectivity index (χ3v) is 5.57. The number of rotatable bonds is 4. The summed E-state index contributed by atoms with van der Waals surface area (Å²) in [6, 6.07) is 0.185. The Hall–Kier alpha value is -1.76. The molecule has 3 heterocycles. The Morgan fingerprint density at radius 2 is 2.12 bits per heavy atom. The summed E-state index contributed by atoms with van der Waals surface area (Å²) in [5, 5.41) is 4.38. The minimum Gasteiger partial charge on any atom is -0.441 e. The van der Waals surface area contributed by atoms with Gasteiger partial charge in [-0.25, -0.2) is 4.79 Å². The van der Waals surface area contributed by atoms with E-state index in [4.69, 9.17) is 16.3 Å². The van der Waals surface area contributed by atoms with Crippen LogP contribution in [0, 0.1) is 0 Å². The zero-order chi connectivity index (χ0) is 18.2. The highest BCUT2D eigenvalue weighted by molar-refractivity contribution is 6.33. The maximum atomic E-state index is 12.7. The molecule has 2 saturated heterocycles. The van der Waals surface area contributed by atoms with E-state index in [1.807, 2.05) is 4.90 Å². The highest BCUT2D eigenvalue weighted by Gasteiger charge is 2.48. The van der Waals surface area contributed by atoms with Crippen molar-refractivity contribution in [2.24, 2.45) is 7.05 Å². The van der Waals surface area contributed by atoms with Crippen molar-refractivity contribution in [3.63, 3.8) is 0 Å². The second-order valence-electron chi connectivity index (χ2n) is 7.07. The van der Waals surface area contributed by atoms with Crippen LogP contribution in [0.4, 0.5) is 4.79 Å². The van der Waals surface area contributed by atoms with Gasteiger partial charge in [0.15, 0.2) is 0 Å². The molecule has 1 unspecified atom stereocenters. The molecule has 25 heavy (non-hydrogen) atoms. The Bertz CT molecular complexity index is 647. The van der Waals surface area contributed by atoms with Crippen LogP contribution in [-0.4, -0.2) is 62.9 Å². The fraction of sp³-hybridized carbons (Fsp3) is 0.706. The van der Waals surface area contributed by atoms with Gasteiger partial charge >= 0.3 is 6.09 Å². The molecule has 0 saturated carbocycles. The first kappa shape index (κ1) is 18.0. The summed E-state index contributed by atoms with van der Waals surface area (Å²) in [5.74, 6) is -0.125. The molecule has 138 valence electrons. The van der Waals surface area contributed by atoms with Crippen molar-refractivity contribution in [3.8, 4) is 0 Å².